The first-order valence-corrected chi connectivity index (χ1v) is 5.82. The fourth-order valence-electron chi connectivity index (χ4n) is 3.85. The summed E-state index contributed by atoms with van der Waals surface area (Å²) in [6, 6.07) is 0. The molecular formula is C12H17F3O2. The van der Waals surface area contributed by atoms with E-state index in [1.165, 1.54) is 0 Å². The molecule has 0 aromatic heterocycles. The second kappa shape index (κ2) is 3.25. The van der Waals surface area contributed by atoms with E-state index in [4.69, 9.17) is 0 Å². The molecule has 0 amide bonds. The summed E-state index contributed by atoms with van der Waals surface area (Å²) in [6.45, 7) is 5.51. The van der Waals surface area contributed by atoms with Gasteiger partial charge in [0.15, 0.2) is 0 Å². The van der Waals surface area contributed by atoms with Gasteiger partial charge in [-0.1, -0.05) is 20.8 Å². The molecular weight excluding hydrogens is 233 g/mol. The van der Waals surface area contributed by atoms with E-state index in [0.29, 0.717) is 12.8 Å². The van der Waals surface area contributed by atoms with Gasteiger partial charge in [-0.15, -0.1) is 0 Å². The van der Waals surface area contributed by atoms with Crippen LogP contribution in [0.5, 0.6) is 0 Å². The molecule has 0 heterocycles. The first kappa shape index (κ1) is 12.9. The molecule has 2 aliphatic carbocycles. The molecule has 1 N–H and O–H groups in total. The lowest BCUT2D eigenvalue weighted by atomic mass is 9.70. The van der Waals surface area contributed by atoms with Crippen LogP contribution in [0.4, 0.5) is 13.2 Å². The second-order valence-corrected chi connectivity index (χ2v) is 6.12. The van der Waals surface area contributed by atoms with Gasteiger partial charge in [0.25, 0.3) is 0 Å². The normalized spacial score (nSPS) is 44.1. The van der Waals surface area contributed by atoms with Crippen molar-refractivity contribution >= 4 is 5.78 Å². The molecule has 0 aromatic carbocycles. The number of carbonyl (C=O) groups excluding carboxylic acids is 1. The van der Waals surface area contributed by atoms with Crippen molar-refractivity contribution < 1.29 is 23.1 Å². The number of hydrogen-bond donors (Lipinski definition) is 1. The highest BCUT2D eigenvalue weighted by molar-refractivity contribution is 5.88. The van der Waals surface area contributed by atoms with E-state index in [1.807, 2.05) is 13.8 Å². The van der Waals surface area contributed by atoms with E-state index >= 15 is 0 Å². The Morgan fingerprint density at radius 1 is 1.29 bits per heavy atom. The zero-order valence-electron chi connectivity index (χ0n) is 10.1. The van der Waals surface area contributed by atoms with Crippen LogP contribution in [0.25, 0.3) is 0 Å². The van der Waals surface area contributed by atoms with Crippen molar-refractivity contribution in [3.8, 4) is 0 Å². The third-order valence-corrected chi connectivity index (χ3v) is 5.38. The molecule has 5 heteroatoms. The van der Waals surface area contributed by atoms with E-state index in [-0.39, 0.29) is 5.92 Å². The van der Waals surface area contributed by atoms with Gasteiger partial charge < -0.3 is 5.11 Å². The fourth-order valence-corrected chi connectivity index (χ4v) is 3.85. The molecule has 17 heavy (non-hydrogen) atoms. The Morgan fingerprint density at radius 3 is 2.18 bits per heavy atom. The summed E-state index contributed by atoms with van der Waals surface area (Å²) in [6.07, 6.45) is -4.74. The van der Waals surface area contributed by atoms with Crippen LogP contribution >= 0.6 is 0 Å². The van der Waals surface area contributed by atoms with Gasteiger partial charge in [0.2, 0.25) is 5.78 Å². The number of fused-ring (bicyclic) bond motifs is 2. The SMILES string of the molecule is CC1(C)C2CCC1(C)C(O)C2C(=O)C(F)(F)F. The van der Waals surface area contributed by atoms with Crippen molar-refractivity contribution in [2.45, 2.75) is 45.9 Å². The fraction of sp³-hybridized carbons (Fsp3) is 0.917. The van der Waals surface area contributed by atoms with E-state index in [0.717, 1.165) is 0 Å². The Morgan fingerprint density at radius 2 is 1.82 bits per heavy atom. The Bertz CT molecular complexity index is 361. The van der Waals surface area contributed by atoms with Crippen molar-refractivity contribution in [2.75, 3.05) is 0 Å². The first-order chi connectivity index (χ1) is 7.53. The van der Waals surface area contributed by atoms with Gasteiger partial charge in [-0.2, -0.15) is 13.2 Å². The highest BCUT2D eigenvalue weighted by Crippen LogP contribution is 2.68. The van der Waals surface area contributed by atoms with Crippen LogP contribution in [0, 0.1) is 22.7 Å². The van der Waals surface area contributed by atoms with Gasteiger partial charge in [-0.3, -0.25) is 4.79 Å². The van der Waals surface area contributed by atoms with Crippen LogP contribution < -0.4 is 0 Å². The largest absolute Gasteiger partial charge is 0.450 e. The summed E-state index contributed by atoms with van der Waals surface area (Å²) in [5, 5.41) is 10.1. The zero-order chi connectivity index (χ0) is 13.2. The average molecular weight is 250 g/mol. The van der Waals surface area contributed by atoms with E-state index in [1.54, 1.807) is 6.92 Å². The third-order valence-electron chi connectivity index (χ3n) is 5.38. The van der Waals surface area contributed by atoms with Crippen LogP contribution in [0.2, 0.25) is 0 Å². The summed E-state index contributed by atoms with van der Waals surface area (Å²) >= 11 is 0. The van der Waals surface area contributed by atoms with Crippen LogP contribution in [0.15, 0.2) is 0 Å². The molecule has 2 bridgehead atoms. The van der Waals surface area contributed by atoms with Gasteiger partial charge in [0.05, 0.1) is 12.0 Å². The maximum Gasteiger partial charge on any atom is 0.450 e. The lowest BCUT2D eigenvalue weighted by Gasteiger charge is -2.37. The van der Waals surface area contributed by atoms with Crippen molar-refractivity contribution in [3.63, 3.8) is 0 Å². The van der Waals surface area contributed by atoms with Crippen molar-refractivity contribution in [3.05, 3.63) is 0 Å². The molecule has 2 aliphatic rings. The average Bonchev–Trinajstić information content (AvgIpc) is 2.47. The van der Waals surface area contributed by atoms with Crippen molar-refractivity contribution in [2.24, 2.45) is 22.7 Å². The number of aliphatic hydroxyl groups excluding tert-OH is 1. The Kier molecular flexibility index (Phi) is 2.46. The van der Waals surface area contributed by atoms with Crippen LogP contribution in [0.1, 0.15) is 33.6 Å². The number of hydrogen-bond acceptors (Lipinski definition) is 2. The number of aliphatic hydroxyl groups is 1. The molecule has 2 nitrogen and oxygen atoms in total. The molecule has 0 saturated heterocycles. The Hall–Kier alpha value is -0.580. The summed E-state index contributed by atoms with van der Waals surface area (Å²) in [7, 11) is 0. The van der Waals surface area contributed by atoms with Crippen LogP contribution in [-0.2, 0) is 4.79 Å². The zero-order valence-corrected chi connectivity index (χ0v) is 10.1. The Balaban J connectivity index is 2.39. The predicted molar refractivity (Wildman–Crippen MR) is 55.2 cm³/mol. The molecule has 2 rings (SSSR count). The summed E-state index contributed by atoms with van der Waals surface area (Å²) in [5.74, 6) is -3.40. The number of halogens is 3. The minimum absolute atomic E-state index is 0.364. The Labute approximate surface area is 98.2 Å². The highest BCUT2D eigenvalue weighted by Gasteiger charge is 2.69. The number of carbonyl (C=O) groups is 1. The van der Waals surface area contributed by atoms with Crippen LogP contribution in [0.3, 0.4) is 0 Å². The predicted octanol–water partition coefficient (Wildman–Crippen LogP) is 2.55. The van der Waals surface area contributed by atoms with Gasteiger partial charge in [0, 0.05) is 0 Å². The molecule has 4 unspecified atom stereocenters. The molecule has 0 aliphatic heterocycles. The summed E-state index contributed by atoms with van der Waals surface area (Å²) in [5.41, 5.74) is -0.999. The molecule has 0 radical (unpaired) electrons. The summed E-state index contributed by atoms with van der Waals surface area (Å²) < 4.78 is 37.5. The number of Topliss-reactive ketones (excluding diaryl/α,β-unsaturated/α-hetero) is 1. The van der Waals surface area contributed by atoms with E-state index in [9.17, 15) is 23.1 Å². The van der Waals surface area contributed by atoms with Gasteiger partial charge in [-0.25, -0.2) is 0 Å². The molecule has 0 spiro atoms. The van der Waals surface area contributed by atoms with Gasteiger partial charge in [-0.05, 0) is 29.6 Å². The monoisotopic (exact) mass is 250 g/mol. The van der Waals surface area contributed by atoms with Crippen molar-refractivity contribution in [1.82, 2.24) is 0 Å². The molecule has 4 atom stereocenters. The quantitative estimate of drug-likeness (QED) is 0.776. The number of rotatable bonds is 1. The smallest absolute Gasteiger partial charge is 0.392 e. The molecule has 2 saturated carbocycles. The maximum absolute atomic E-state index is 12.5. The highest BCUT2D eigenvalue weighted by atomic mass is 19.4. The number of ketones is 1. The van der Waals surface area contributed by atoms with Crippen molar-refractivity contribution in [1.29, 1.82) is 0 Å². The molecule has 0 aromatic rings. The standard InChI is InChI=1S/C12H17F3O2/c1-10(2)6-4-5-11(10,3)8(16)7(6)9(17)12(13,14)15/h6-8,16H,4-5H2,1-3H3. The van der Waals surface area contributed by atoms with Crippen LogP contribution in [-0.4, -0.2) is 23.2 Å². The van der Waals surface area contributed by atoms with Gasteiger partial charge >= 0.3 is 6.18 Å². The maximum atomic E-state index is 12.5. The molecule has 2 fully saturated rings. The number of alkyl halides is 3. The third kappa shape index (κ3) is 1.41. The minimum atomic E-state index is -4.84. The molecule has 98 valence electrons. The van der Waals surface area contributed by atoms with E-state index in [2.05, 4.69) is 0 Å². The first-order valence-electron chi connectivity index (χ1n) is 5.82. The lowest BCUT2D eigenvalue weighted by Crippen LogP contribution is -2.43. The second-order valence-electron chi connectivity index (χ2n) is 6.12. The topological polar surface area (TPSA) is 37.3 Å². The summed E-state index contributed by atoms with van der Waals surface area (Å²) in [4.78, 5) is 11.4. The minimum Gasteiger partial charge on any atom is -0.392 e. The van der Waals surface area contributed by atoms with Gasteiger partial charge in [0.1, 0.15) is 0 Å². The lowest BCUT2D eigenvalue weighted by molar-refractivity contribution is -0.182. The van der Waals surface area contributed by atoms with E-state index < -0.39 is 34.8 Å².